The molecule has 3 atom stereocenters. The molecule has 2 amide bonds. The zero-order chi connectivity index (χ0) is 27.5. The van der Waals surface area contributed by atoms with Crippen molar-refractivity contribution >= 4 is 17.6 Å². The Kier molecular flexibility index (Phi) is 8.67. The molecule has 3 fully saturated rings. The van der Waals surface area contributed by atoms with Crippen LogP contribution in [0.15, 0.2) is 18.3 Å². The van der Waals surface area contributed by atoms with E-state index in [0.717, 1.165) is 12.3 Å². The topological polar surface area (TPSA) is 90.0 Å². The van der Waals surface area contributed by atoms with E-state index >= 15 is 0 Å². The van der Waals surface area contributed by atoms with E-state index in [4.69, 9.17) is 4.74 Å². The van der Waals surface area contributed by atoms with Crippen LogP contribution in [-0.4, -0.2) is 97.3 Å². The number of halogens is 6. The highest BCUT2D eigenvalue weighted by atomic mass is 19.4. The summed E-state index contributed by atoms with van der Waals surface area (Å²) in [7, 11) is 0. The second kappa shape index (κ2) is 11.6. The van der Waals surface area contributed by atoms with Crippen molar-refractivity contribution in [2.75, 3.05) is 57.4 Å². The lowest BCUT2D eigenvalue weighted by Gasteiger charge is -2.40. The average molecular weight is 553 g/mol. The first kappa shape index (κ1) is 28.4. The van der Waals surface area contributed by atoms with E-state index in [1.807, 2.05) is 4.90 Å². The standard InChI is InChI=1S/C23H30F6N6O3/c24-22(25,26)15-3-4-18(30-12-15)33-7-9-34(10-8-33)19(36)5-11-38-14-16-2-1-6-35(16)17-13-31-32-21(37)20(17)23(27,28)29/h3-4,12,16-17,20,31H,1-2,5-11,13-14H2,(H,32,37)/t16-,17?,20?/m0/s1. The number of hydrogen-bond acceptors (Lipinski definition) is 7. The van der Waals surface area contributed by atoms with Crippen molar-refractivity contribution in [3.63, 3.8) is 0 Å². The molecule has 3 saturated heterocycles. The number of nitrogens with zero attached hydrogens (tertiary/aromatic N) is 4. The van der Waals surface area contributed by atoms with Crippen molar-refractivity contribution in [1.29, 1.82) is 0 Å². The lowest BCUT2D eigenvalue weighted by Crippen LogP contribution is -2.65. The number of hydrazine groups is 1. The van der Waals surface area contributed by atoms with Crippen LogP contribution in [0.5, 0.6) is 0 Å². The first-order valence-electron chi connectivity index (χ1n) is 12.4. The Morgan fingerprint density at radius 3 is 2.45 bits per heavy atom. The SMILES string of the molecule is O=C1NNCC(N2CCC[C@H]2COCCC(=O)N2CCN(c3ccc(C(F)(F)F)cn3)CC2)C1C(F)(F)F. The summed E-state index contributed by atoms with van der Waals surface area (Å²) in [5.74, 6) is -2.95. The molecule has 3 aliphatic rings. The molecule has 0 aliphatic carbocycles. The van der Waals surface area contributed by atoms with Crippen molar-refractivity contribution in [2.24, 2.45) is 5.92 Å². The lowest BCUT2D eigenvalue weighted by molar-refractivity contribution is -0.201. The normalized spacial score (nSPS) is 25.5. The Morgan fingerprint density at radius 2 is 1.82 bits per heavy atom. The molecule has 38 heavy (non-hydrogen) atoms. The minimum absolute atomic E-state index is 0.0289. The molecular weight excluding hydrogens is 522 g/mol. The van der Waals surface area contributed by atoms with Crippen LogP contribution in [0.1, 0.15) is 24.8 Å². The van der Waals surface area contributed by atoms with Crippen molar-refractivity contribution in [3.8, 4) is 0 Å². The summed E-state index contributed by atoms with van der Waals surface area (Å²) in [5.41, 5.74) is 3.78. The molecule has 9 nitrogen and oxygen atoms in total. The predicted molar refractivity (Wildman–Crippen MR) is 123 cm³/mol. The number of ether oxygens (including phenoxy) is 1. The third kappa shape index (κ3) is 6.67. The maximum Gasteiger partial charge on any atom is 0.417 e. The van der Waals surface area contributed by atoms with Crippen molar-refractivity contribution in [2.45, 2.75) is 43.7 Å². The smallest absolute Gasteiger partial charge is 0.379 e. The van der Waals surface area contributed by atoms with Crippen LogP contribution >= 0.6 is 0 Å². The van der Waals surface area contributed by atoms with Crippen LogP contribution in [-0.2, 0) is 20.5 Å². The number of alkyl halides is 6. The summed E-state index contributed by atoms with van der Waals surface area (Å²) in [6.45, 7) is 2.27. The summed E-state index contributed by atoms with van der Waals surface area (Å²) in [6.07, 6.45) is -6.90. The van der Waals surface area contributed by atoms with E-state index < -0.39 is 35.8 Å². The molecule has 2 unspecified atom stereocenters. The fourth-order valence-corrected chi connectivity index (χ4v) is 5.22. The third-order valence-corrected chi connectivity index (χ3v) is 7.19. The molecule has 4 heterocycles. The first-order chi connectivity index (χ1) is 17.9. The Balaban J connectivity index is 1.20. The number of pyridine rings is 1. The molecule has 0 bridgehead atoms. The Morgan fingerprint density at radius 1 is 1.08 bits per heavy atom. The average Bonchev–Trinajstić information content (AvgIpc) is 3.34. The van der Waals surface area contributed by atoms with Gasteiger partial charge in [0.05, 0.1) is 25.2 Å². The van der Waals surface area contributed by atoms with Gasteiger partial charge in [0, 0.05) is 51.0 Å². The second-order valence-electron chi connectivity index (χ2n) is 9.59. The molecule has 0 radical (unpaired) electrons. The van der Waals surface area contributed by atoms with E-state index in [2.05, 4.69) is 15.8 Å². The quantitative estimate of drug-likeness (QED) is 0.394. The predicted octanol–water partition coefficient (Wildman–Crippen LogP) is 1.80. The number of carbonyl (C=O) groups excluding carboxylic acids is 2. The van der Waals surface area contributed by atoms with Gasteiger partial charge in [-0.25, -0.2) is 10.4 Å². The van der Waals surface area contributed by atoms with Gasteiger partial charge < -0.3 is 14.5 Å². The van der Waals surface area contributed by atoms with Gasteiger partial charge in [-0.1, -0.05) is 0 Å². The van der Waals surface area contributed by atoms with Crippen molar-refractivity contribution in [3.05, 3.63) is 23.9 Å². The number of rotatable bonds is 7. The Labute approximate surface area is 215 Å². The maximum atomic E-state index is 13.5. The van der Waals surface area contributed by atoms with Gasteiger partial charge >= 0.3 is 12.4 Å². The van der Waals surface area contributed by atoms with Gasteiger partial charge in [-0.05, 0) is 31.5 Å². The van der Waals surface area contributed by atoms with Crippen LogP contribution in [0.4, 0.5) is 32.2 Å². The molecule has 3 aliphatic heterocycles. The minimum Gasteiger partial charge on any atom is -0.379 e. The van der Waals surface area contributed by atoms with Gasteiger partial charge in [0.2, 0.25) is 11.8 Å². The number of amides is 2. The molecule has 4 rings (SSSR count). The largest absolute Gasteiger partial charge is 0.417 e. The third-order valence-electron chi connectivity index (χ3n) is 7.19. The molecule has 0 spiro atoms. The summed E-state index contributed by atoms with van der Waals surface area (Å²) >= 11 is 0. The highest BCUT2D eigenvalue weighted by Crippen LogP contribution is 2.35. The van der Waals surface area contributed by atoms with Crippen molar-refractivity contribution in [1.82, 2.24) is 25.6 Å². The summed E-state index contributed by atoms with van der Waals surface area (Å²) < 4.78 is 84.5. The molecular formula is C23H30F6N6O3. The first-order valence-corrected chi connectivity index (χ1v) is 12.4. The summed E-state index contributed by atoms with van der Waals surface area (Å²) in [5, 5.41) is 0. The fraction of sp³-hybridized carbons (Fsp3) is 0.696. The molecule has 2 N–H and O–H groups in total. The van der Waals surface area contributed by atoms with Gasteiger partial charge in [-0.3, -0.25) is 19.9 Å². The number of anilines is 1. The van der Waals surface area contributed by atoms with Crippen LogP contribution in [0.2, 0.25) is 0 Å². The van der Waals surface area contributed by atoms with Crippen LogP contribution in [0.25, 0.3) is 0 Å². The molecule has 212 valence electrons. The molecule has 1 aromatic heterocycles. The number of likely N-dealkylation sites (tertiary alicyclic amines) is 1. The Hall–Kier alpha value is -2.65. The van der Waals surface area contributed by atoms with Gasteiger partial charge in [0.15, 0.2) is 5.92 Å². The monoisotopic (exact) mass is 552 g/mol. The molecule has 0 aromatic carbocycles. The number of nitrogens with one attached hydrogen (secondary N) is 2. The maximum absolute atomic E-state index is 13.5. The van der Waals surface area contributed by atoms with Gasteiger partial charge in [0.1, 0.15) is 5.82 Å². The molecule has 1 aromatic rings. The minimum atomic E-state index is -4.66. The highest BCUT2D eigenvalue weighted by molar-refractivity contribution is 5.80. The summed E-state index contributed by atoms with van der Waals surface area (Å²) in [4.78, 5) is 33.5. The number of piperazine rings is 1. The van der Waals surface area contributed by atoms with Crippen LogP contribution in [0, 0.1) is 5.92 Å². The van der Waals surface area contributed by atoms with Crippen LogP contribution < -0.4 is 15.8 Å². The summed E-state index contributed by atoms with van der Waals surface area (Å²) in [6, 6.07) is 0.975. The second-order valence-corrected chi connectivity index (χ2v) is 9.59. The van der Waals surface area contributed by atoms with Crippen LogP contribution in [0.3, 0.4) is 0 Å². The van der Waals surface area contributed by atoms with E-state index in [1.165, 1.54) is 6.07 Å². The van der Waals surface area contributed by atoms with Gasteiger partial charge in [-0.15, -0.1) is 0 Å². The van der Waals surface area contributed by atoms with E-state index in [-0.39, 0.29) is 38.1 Å². The van der Waals surface area contributed by atoms with Gasteiger partial charge in [0.25, 0.3) is 0 Å². The fourth-order valence-electron chi connectivity index (χ4n) is 5.22. The molecule has 15 heteroatoms. The highest BCUT2D eigenvalue weighted by Gasteiger charge is 2.54. The number of carbonyl (C=O) groups is 2. The van der Waals surface area contributed by atoms with E-state index in [0.29, 0.717) is 51.4 Å². The number of aromatic nitrogens is 1. The Bertz CT molecular complexity index is 968. The zero-order valence-electron chi connectivity index (χ0n) is 20.5. The van der Waals surface area contributed by atoms with Gasteiger partial charge in [-0.2, -0.15) is 26.3 Å². The van der Waals surface area contributed by atoms with E-state index in [9.17, 15) is 35.9 Å². The number of hydrogen-bond donors (Lipinski definition) is 2. The molecule has 0 saturated carbocycles. The van der Waals surface area contributed by atoms with Crippen molar-refractivity contribution < 1.29 is 40.7 Å². The lowest BCUT2D eigenvalue weighted by atomic mass is 9.94. The van der Waals surface area contributed by atoms with E-state index in [1.54, 1.807) is 9.80 Å². The zero-order valence-corrected chi connectivity index (χ0v) is 20.5.